The van der Waals surface area contributed by atoms with Crippen LogP contribution in [0.3, 0.4) is 0 Å². The Morgan fingerprint density at radius 3 is 2.53 bits per heavy atom. The molecule has 0 spiro atoms. The first-order valence-electron chi connectivity index (χ1n) is 9.80. The third-order valence-electron chi connectivity index (χ3n) is 4.80. The van der Waals surface area contributed by atoms with Gasteiger partial charge < -0.3 is 5.32 Å². The van der Waals surface area contributed by atoms with Crippen molar-refractivity contribution in [3.63, 3.8) is 0 Å². The Labute approximate surface area is 177 Å². The molecule has 6 nitrogen and oxygen atoms in total. The van der Waals surface area contributed by atoms with Gasteiger partial charge in [0.05, 0.1) is 16.1 Å². The van der Waals surface area contributed by atoms with Crippen molar-refractivity contribution < 1.29 is 13.2 Å². The summed E-state index contributed by atoms with van der Waals surface area (Å²) < 4.78 is 27.1. The smallest absolute Gasteiger partial charge is 0.248 e. The van der Waals surface area contributed by atoms with Crippen LogP contribution in [0.15, 0.2) is 65.6 Å². The summed E-state index contributed by atoms with van der Waals surface area (Å²) in [5.41, 5.74) is 2.57. The molecule has 0 unspecified atom stereocenters. The van der Waals surface area contributed by atoms with Gasteiger partial charge in [-0.2, -0.15) is 4.31 Å². The number of sulfonamides is 1. The molecule has 0 radical (unpaired) electrons. The number of para-hydroxylation sites is 1. The fraction of sp³-hybridized carbons (Fsp3) is 0.217. The second-order valence-corrected chi connectivity index (χ2v) is 8.73. The van der Waals surface area contributed by atoms with Crippen LogP contribution in [0.2, 0.25) is 0 Å². The Morgan fingerprint density at radius 1 is 1.07 bits per heavy atom. The molecule has 0 bridgehead atoms. The average molecular weight is 424 g/mol. The predicted molar refractivity (Wildman–Crippen MR) is 121 cm³/mol. The molecule has 0 aliphatic rings. The molecule has 1 heterocycles. The van der Waals surface area contributed by atoms with Crippen LogP contribution in [0.1, 0.15) is 25.1 Å². The van der Waals surface area contributed by atoms with E-state index in [0.29, 0.717) is 30.0 Å². The first kappa shape index (κ1) is 21.7. The van der Waals surface area contributed by atoms with E-state index >= 15 is 0 Å². The summed E-state index contributed by atoms with van der Waals surface area (Å²) in [6.07, 6.45) is 3.01. The number of aryl methyl sites for hydroxylation is 1. The quantitative estimate of drug-likeness (QED) is 0.577. The third-order valence-corrected chi connectivity index (χ3v) is 7.00. The summed E-state index contributed by atoms with van der Waals surface area (Å²) in [4.78, 5) is 17.1. The molecule has 7 heteroatoms. The number of carbonyl (C=O) groups is 1. The van der Waals surface area contributed by atoms with E-state index in [1.165, 1.54) is 16.4 Å². The molecule has 2 aromatic carbocycles. The topological polar surface area (TPSA) is 79.4 Å². The van der Waals surface area contributed by atoms with Crippen LogP contribution in [0, 0.1) is 6.92 Å². The fourth-order valence-corrected chi connectivity index (χ4v) is 4.89. The SMILES string of the molecule is CCN(CC)S(=O)(=O)c1cc(NC(=O)/C=C/c2ccc3ccccc3n2)ccc1C. The molecule has 0 saturated heterocycles. The van der Waals surface area contributed by atoms with Crippen molar-refractivity contribution >= 4 is 38.6 Å². The summed E-state index contributed by atoms with van der Waals surface area (Å²) in [7, 11) is -3.61. The van der Waals surface area contributed by atoms with E-state index in [1.807, 2.05) is 36.4 Å². The first-order valence-corrected chi connectivity index (χ1v) is 11.2. The number of carbonyl (C=O) groups excluding carboxylic acids is 1. The number of benzene rings is 2. The number of fused-ring (bicyclic) bond motifs is 1. The van der Waals surface area contributed by atoms with E-state index in [4.69, 9.17) is 0 Å². The van der Waals surface area contributed by atoms with Crippen LogP contribution in [-0.2, 0) is 14.8 Å². The number of hydrogen-bond donors (Lipinski definition) is 1. The summed E-state index contributed by atoms with van der Waals surface area (Å²) in [5, 5.41) is 3.76. The minimum absolute atomic E-state index is 0.198. The van der Waals surface area contributed by atoms with Crippen molar-refractivity contribution in [2.24, 2.45) is 0 Å². The van der Waals surface area contributed by atoms with Crippen molar-refractivity contribution in [2.45, 2.75) is 25.7 Å². The number of pyridine rings is 1. The molecular formula is C23H25N3O3S. The molecule has 0 atom stereocenters. The lowest BCUT2D eigenvalue weighted by Gasteiger charge is -2.20. The van der Waals surface area contributed by atoms with Crippen LogP contribution in [0.5, 0.6) is 0 Å². The maximum Gasteiger partial charge on any atom is 0.248 e. The Kier molecular flexibility index (Phi) is 6.64. The third kappa shape index (κ3) is 4.75. The molecule has 156 valence electrons. The highest BCUT2D eigenvalue weighted by atomic mass is 32.2. The number of rotatable bonds is 7. The minimum Gasteiger partial charge on any atom is -0.322 e. The second kappa shape index (κ2) is 9.19. The number of nitrogens with zero attached hydrogens (tertiary/aromatic N) is 2. The van der Waals surface area contributed by atoms with Crippen LogP contribution in [0.25, 0.3) is 17.0 Å². The Hall–Kier alpha value is -3.03. The van der Waals surface area contributed by atoms with Gasteiger partial charge in [0, 0.05) is 30.2 Å². The molecule has 1 N–H and O–H groups in total. The maximum atomic E-state index is 12.9. The van der Waals surface area contributed by atoms with Crippen molar-refractivity contribution in [2.75, 3.05) is 18.4 Å². The number of aromatic nitrogens is 1. The average Bonchev–Trinajstić information content (AvgIpc) is 2.74. The van der Waals surface area contributed by atoms with Crippen LogP contribution in [-0.4, -0.2) is 36.7 Å². The number of amides is 1. The predicted octanol–water partition coefficient (Wildman–Crippen LogP) is 4.23. The molecule has 3 rings (SSSR count). The van der Waals surface area contributed by atoms with E-state index in [-0.39, 0.29) is 10.8 Å². The van der Waals surface area contributed by atoms with Crippen molar-refractivity contribution in [1.29, 1.82) is 0 Å². The van der Waals surface area contributed by atoms with Gasteiger partial charge in [0.2, 0.25) is 15.9 Å². The zero-order chi connectivity index (χ0) is 21.7. The zero-order valence-corrected chi connectivity index (χ0v) is 18.1. The van der Waals surface area contributed by atoms with E-state index < -0.39 is 10.0 Å². The molecular weight excluding hydrogens is 398 g/mol. The van der Waals surface area contributed by atoms with Gasteiger partial charge in [-0.3, -0.25) is 4.79 Å². The molecule has 0 aliphatic heterocycles. The molecule has 1 amide bonds. The fourth-order valence-electron chi connectivity index (χ4n) is 3.18. The molecule has 1 aromatic heterocycles. The second-order valence-electron chi connectivity index (χ2n) is 6.82. The highest BCUT2D eigenvalue weighted by Crippen LogP contribution is 2.23. The standard InChI is InChI=1S/C23H25N3O3S/c1-4-26(5-2)30(28,29)22-16-20(12-10-17(22)3)25-23(27)15-14-19-13-11-18-8-6-7-9-21(18)24-19/h6-16H,4-5H2,1-3H3,(H,25,27)/b15-14+. The van der Waals surface area contributed by atoms with Gasteiger partial charge in [0.15, 0.2) is 0 Å². The number of nitrogens with one attached hydrogen (secondary N) is 1. The Bertz CT molecular complexity index is 1200. The van der Waals surface area contributed by atoms with E-state index in [9.17, 15) is 13.2 Å². The van der Waals surface area contributed by atoms with Gasteiger partial charge in [-0.15, -0.1) is 0 Å². The van der Waals surface area contributed by atoms with Gasteiger partial charge in [-0.05, 0) is 42.8 Å². The minimum atomic E-state index is -3.61. The van der Waals surface area contributed by atoms with Crippen molar-refractivity contribution in [3.8, 4) is 0 Å². The lowest BCUT2D eigenvalue weighted by Crippen LogP contribution is -2.31. The molecule has 30 heavy (non-hydrogen) atoms. The lowest BCUT2D eigenvalue weighted by molar-refractivity contribution is -0.111. The number of anilines is 1. The van der Waals surface area contributed by atoms with Gasteiger partial charge in [-0.1, -0.05) is 44.2 Å². The Balaban J connectivity index is 1.78. The maximum absolute atomic E-state index is 12.9. The van der Waals surface area contributed by atoms with Crippen LogP contribution < -0.4 is 5.32 Å². The zero-order valence-electron chi connectivity index (χ0n) is 17.3. The lowest BCUT2D eigenvalue weighted by atomic mass is 10.2. The summed E-state index contributed by atoms with van der Waals surface area (Å²) in [6.45, 7) is 6.11. The van der Waals surface area contributed by atoms with E-state index in [2.05, 4.69) is 10.3 Å². The normalized spacial score (nSPS) is 12.0. The molecule has 0 aliphatic carbocycles. The van der Waals surface area contributed by atoms with Gasteiger partial charge in [0.25, 0.3) is 0 Å². The molecule has 0 fully saturated rings. The number of hydrogen-bond acceptors (Lipinski definition) is 4. The van der Waals surface area contributed by atoms with E-state index in [0.717, 1.165) is 10.9 Å². The van der Waals surface area contributed by atoms with Crippen molar-refractivity contribution in [1.82, 2.24) is 9.29 Å². The highest BCUT2D eigenvalue weighted by Gasteiger charge is 2.23. The first-order chi connectivity index (χ1) is 14.3. The monoisotopic (exact) mass is 423 g/mol. The van der Waals surface area contributed by atoms with Crippen molar-refractivity contribution in [3.05, 3.63) is 71.9 Å². The van der Waals surface area contributed by atoms with Crippen LogP contribution >= 0.6 is 0 Å². The van der Waals surface area contributed by atoms with Gasteiger partial charge >= 0.3 is 0 Å². The van der Waals surface area contributed by atoms with Gasteiger partial charge in [-0.25, -0.2) is 13.4 Å². The largest absolute Gasteiger partial charge is 0.322 e. The molecule has 0 saturated carbocycles. The van der Waals surface area contributed by atoms with Crippen LogP contribution in [0.4, 0.5) is 5.69 Å². The Morgan fingerprint density at radius 2 is 1.80 bits per heavy atom. The summed E-state index contributed by atoms with van der Waals surface area (Å²) in [6, 6.07) is 16.4. The summed E-state index contributed by atoms with van der Waals surface area (Å²) >= 11 is 0. The van der Waals surface area contributed by atoms with E-state index in [1.54, 1.807) is 39.0 Å². The summed E-state index contributed by atoms with van der Waals surface area (Å²) in [5.74, 6) is -0.361. The highest BCUT2D eigenvalue weighted by molar-refractivity contribution is 7.89. The molecule has 3 aromatic rings. The van der Waals surface area contributed by atoms with Gasteiger partial charge in [0.1, 0.15) is 0 Å².